The van der Waals surface area contributed by atoms with Gasteiger partial charge in [-0.2, -0.15) is 0 Å². The number of aromatic nitrogens is 1. The molecule has 4 nitrogen and oxygen atoms in total. The highest BCUT2D eigenvalue weighted by atomic mass is 35.5. The number of aromatic amines is 1. The molecule has 2 aromatic carbocycles. The molecule has 150 valence electrons. The van der Waals surface area contributed by atoms with E-state index in [1.165, 1.54) is 30.5 Å². The van der Waals surface area contributed by atoms with Crippen molar-refractivity contribution in [1.82, 2.24) is 15.2 Å². The maximum Gasteiger partial charge on any atom is 0.318 e. The molecule has 0 radical (unpaired) electrons. The highest BCUT2D eigenvalue weighted by molar-refractivity contribution is 6.31. The Kier molecular flexibility index (Phi) is 4.70. The third-order valence-corrected chi connectivity index (χ3v) is 6.45. The van der Waals surface area contributed by atoms with E-state index in [1.807, 2.05) is 23.1 Å². The number of urea groups is 1. The molecule has 2 N–H and O–H groups in total. The van der Waals surface area contributed by atoms with Crippen molar-refractivity contribution >= 4 is 28.5 Å². The van der Waals surface area contributed by atoms with Gasteiger partial charge in [0.05, 0.1) is 6.04 Å². The van der Waals surface area contributed by atoms with Crippen LogP contribution in [0.2, 0.25) is 5.02 Å². The second-order valence-corrected chi connectivity index (χ2v) is 8.47. The molecule has 2 amide bonds. The van der Waals surface area contributed by atoms with Gasteiger partial charge >= 0.3 is 6.03 Å². The lowest BCUT2D eigenvalue weighted by Crippen LogP contribution is -2.48. The highest BCUT2D eigenvalue weighted by Crippen LogP contribution is 2.39. The summed E-state index contributed by atoms with van der Waals surface area (Å²) in [6, 6.07) is 12.2. The highest BCUT2D eigenvalue weighted by Gasteiger charge is 2.35. The van der Waals surface area contributed by atoms with Crippen LogP contribution < -0.4 is 5.32 Å². The van der Waals surface area contributed by atoms with Crippen LogP contribution in [0.3, 0.4) is 0 Å². The third-order valence-electron chi connectivity index (χ3n) is 6.22. The molecule has 1 aromatic heterocycles. The van der Waals surface area contributed by atoms with E-state index in [-0.39, 0.29) is 23.9 Å². The third kappa shape index (κ3) is 3.38. The Hall–Kier alpha value is -2.53. The monoisotopic (exact) mass is 411 g/mol. The van der Waals surface area contributed by atoms with Gasteiger partial charge < -0.3 is 15.2 Å². The number of fused-ring (bicyclic) bond motifs is 3. The molecular formula is C23H23ClFN3O. The van der Waals surface area contributed by atoms with Crippen molar-refractivity contribution < 1.29 is 9.18 Å². The molecule has 1 atom stereocenters. The van der Waals surface area contributed by atoms with Crippen molar-refractivity contribution in [1.29, 1.82) is 0 Å². The van der Waals surface area contributed by atoms with Crippen LogP contribution in [-0.2, 0) is 6.42 Å². The van der Waals surface area contributed by atoms with Gasteiger partial charge in [-0.05, 0) is 60.7 Å². The number of hydrogen-bond donors (Lipinski definition) is 2. The molecule has 0 bridgehead atoms. The Morgan fingerprint density at radius 1 is 1.14 bits per heavy atom. The molecule has 1 aliphatic carbocycles. The summed E-state index contributed by atoms with van der Waals surface area (Å²) in [4.78, 5) is 18.6. The number of nitrogens with one attached hydrogen (secondary N) is 2. The molecule has 1 aliphatic heterocycles. The average Bonchev–Trinajstić information content (AvgIpc) is 3.35. The Bertz CT molecular complexity index is 1060. The summed E-state index contributed by atoms with van der Waals surface area (Å²) in [5.74, 6) is -0.282. The van der Waals surface area contributed by atoms with Gasteiger partial charge in [0.25, 0.3) is 0 Å². The molecule has 1 saturated carbocycles. The molecule has 0 unspecified atom stereocenters. The van der Waals surface area contributed by atoms with Gasteiger partial charge in [0.2, 0.25) is 0 Å². The van der Waals surface area contributed by atoms with E-state index in [4.69, 9.17) is 11.6 Å². The number of H-pyrrole nitrogens is 1. The summed E-state index contributed by atoms with van der Waals surface area (Å²) in [5, 5.41) is 5.00. The molecular weight excluding hydrogens is 389 g/mol. The van der Waals surface area contributed by atoms with Gasteiger partial charge in [0.15, 0.2) is 0 Å². The number of nitrogens with zero attached hydrogens (tertiary/aromatic N) is 1. The number of rotatable bonds is 2. The van der Waals surface area contributed by atoms with Gasteiger partial charge in [-0.25, -0.2) is 9.18 Å². The molecule has 2 aliphatic rings. The quantitative estimate of drug-likeness (QED) is 0.569. The maximum absolute atomic E-state index is 13.6. The first kappa shape index (κ1) is 18.5. The second kappa shape index (κ2) is 7.38. The van der Waals surface area contributed by atoms with Crippen LogP contribution in [0.15, 0.2) is 42.5 Å². The Morgan fingerprint density at radius 3 is 2.66 bits per heavy atom. The lowest BCUT2D eigenvalue weighted by Gasteiger charge is -2.37. The van der Waals surface area contributed by atoms with E-state index >= 15 is 0 Å². The van der Waals surface area contributed by atoms with Crippen molar-refractivity contribution in [2.45, 2.75) is 44.2 Å². The number of carbonyl (C=O) groups excluding carboxylic acids is 1. The summed E-state index contributed by atoms with van der Waals surface area (Å²) in [7, 11) is 0. The lowest BCUT2D eigenvalue weighted by molar-refractivity contribution is 0.175. The average molecular weight is 412 g/mol. The van der Waals surface area contributed by atoms with Crippen LogP contribution in [0.5, 0.6) is 0 Å². The van der Waals surface area contributed by atoms with Gasteiger partial charge in [-0.15, -0.1) is 0 Å². The van der Waals surface area contributed by atoms with E-state index in [2.05, 4.69) is 10.3 Å². The molecule has 1 fully saturated rings. The molecule has 0 spiro atoms. The summed E-state index contributed by atoms with van der Waals surface area (Å²) in [6.07, 6.45) is 5.16. The van der Waals surface area contributed by atoms with E-state index in [0.29, 0.717) is 11.6 Å². The zero-order valence-corrected chi connectivity index (χ0v) is 16.8. The normalized spacial score (nSPS) is 19.5. The molecule has 2 heterocycles. The van der Waals surface area contributed by atoms with Crippen molar-refractivity contribution in [2.24, 2.45) is 0 Å². The van der Waals surface area contributed by atoms with Gasteiger partial charge in [0.1, 0.15) is 5.82 Å². The first-order valence-electron chi connectivity index (χ1n) is 10.2. The standard InChI is InChI=1S/C23H23ClFN3O/c24-15-7-10-20-19(13-15)18-11-12-28(23(29)26-17-3-1-2-4-17)22(21(18)27-20)14-5-8-16(25)9-6-14/h5-10,13,17,22,27H,1-4,11-12H2,(H,26,29)/t22-/m1/s1. The van der Waals surface area contributed by atoms with Crippen LogP contribution in [0.4, 0.5) is 9.18 Å². The molecule has 29 heavy (non-hydrogen) atoms. The summed E-state index contributed by atoms with van der Waals surface area (Å²) in [5.41, 5.74) is 4.07. The van der Waals surface area contributed by atoms with Crippen molar-refractivity contribution in [3.8, 4) is 0 Å². The van der Waals surface area contributed by atoms with Crippen molar-refractivity contribution in [3.05, 3.63) is 70.1 Å². The fourth-order valence-corrected chi connectivity index (χ4v) is 4.97. The predicted octanol–water partition coefficient (Wildman–Crippen LogP) is 5.56. The lowest BCUT2D eigenvalue weighted by atomic mass is 9.92. The number of carbonyl (C=O) groups is 1. The minimum atomic E-state index is -0.285. The number of hydrogen-bond acceptors (Lipinski definition) is 1. The zero-order chi connectivity index (χ0) is 20.0. The fourth-order valence-electron chi connectivity index (χ4n) is 4.80. The van der Waals surface area contributed by atoms with E-state index in [1.54, 1.807) is 12.1 Å². The summed E-state index contributed by atoms with van der Waals surface area (Å²) < 4.78 is 13.6. The molecule has 3 aromatic rings. The van der Waals surface area contributed by atoms with Crippen LogP contribution in [0, 0.1) is 5.82 Å². The Balaban J connectivity index is 1.58. The zero-order valence-electron chi connectivity index (χ0n) is 16.1. The fraction of sp³-hybridized carbons (Fsp3) is 0.348. The number of amides is 2. The second-order valence-electron chi connectivity index (χ2n) is 8.04. The first-order chi connectivity index (χ1) is 14.1. The largest absolute Gasteiger partial charge is 0.356 e. The van der Waals surface area contributed by atoms with Crippen LogP contribution in [0.25, 0.3) is 10.9 Å². The molecule has 0 saturated heterocycles. The first-order valence-corrected chi connectivity index (χ1v) is 10.6. The van der Waals surface area contributed by atoms with Crippen LogP contribution >= 0.6 is 11.6 Å². The minimum absolute atomic E-state index is 0.0476. The Labute approximate surface area is 174 Å². The Morgan fingerprint density at radius 2 is 1.90 bits per heavy atom. The summed E-state index contributed by atoms with van der Waals surface area (Å²) >= 11 is 6.23. The van der Waals surface area contributed by atoms with Crippen molar-refractivity contribution in [2.75, 3.05) is 6.54 Å². The van der Waals surface area contributed by atoms with Gasteiger partial charge in [-0.3, -0.25) is 0 Å². The van der Waals surface area contributed by atoms with E-state index in [9.17, 15) is 9.18 Å². The van der Waals surface area contributed by atoms with Crippen LogP contribution in [-0.4, -0.2) is 28.5 Å². The van der Waals surface area contributed by atoms with Gasteiger partial charge in [0, 0.05) is 34.2 Å². The predicted molar refractivity (Wildman–Crippen MR) is 113 cm³/mol. The minimum Gasteiger partial charge on any atom is -0.356 e. The molecule has 5 rings (SSSR count). The number of benzene rings is 2. The van der Waals surface area contributed by atoms with E-state index in [0.717, 1.165) is 41.4 Å². The maximum atomic E-state index is 13.6. The summed E-state index contributed by atoms with van der Waals surface area (Å²) in [6.45, 7) is 0.604. The number of halogens is 2. The topological polar surface area (TPSA) is 48.1 Å². The van der Waals surface area contributed by atoms with E-state index < -0.39 is 0 Å². The van der Waals surface area contributed by atoms with Crippen LogP contribution in [0.1, 0.15) is 48.5 Å². The van der Waals surface area contributed by atoms with Crippen molar-refractivity contribution in [3.63, 3.8) is 0 Å². The SMILES string of the molecule is O=C(NC1CCCC1)N1CCc2c([nH]c3ccc(Cl)cc23)[C@H]1c1ccc(F)cc1. The van der Waals surface area contributed by atoms with Gasteiger partial charge in [-0.1, -0.05) is 36.6 Å². The molecule has 6 heteroatoms. The smallest absolute Gasteiger partial charge is 0.318 e.